The highest BCUT2D eigenvalue weighted by atomic mass is 32.2. The molecule has 5 heteroatoms. The van der Waals surface area contributed by atoms with E-state index in [1.807, 2.05) is 6.92 Å². The standard InChI is InChI=1S/C16H19NO3S/c1-3-13-14-5-4-10-17(14)16(18)15(13)21(19,20)12-8-6-11(2)7-9-12/h3,6-9,13-15H,1,4-5,10H2,2H3/t13-,14?,15+/m1/s1. The van der Waals surface area contributed by atoms with Crippen molar-refractivity contribution < 1.29 is 13.2 Å². The van der Waals surface area contributed by atoms with Crippen molar-refractivity contribution in [2.75, 3.05) is 6.54 Å². The van der Waals surface area contributed by atoms with Crippen molar-refractivity contribution in [3.05, 3.63) is 42.5 Å². The molecule has 0 bridgehead atoms. The molecule has 0 aromatic heterocycles. The van der Waals surface area contributed by atoms with Crippen LogP contribution in [-0.2, 0) is 14.6 Å². The summed E-state index contributed by atoms with van der Waals surface area (Å²) < 4.78 is 25.7. The zero-order chi connectivity index (χ0) is 15.2. The molecule has 21 heavy (non-hydrogen) atoms. The molecule has 0 N–H and O–H groups in total. The second kappa shape index (κ2) is 4.98. The van der Waals surface area contributed by atoms with E-state index in [1.54, 1.807) is 35.2 Å². The van der Waals surface area contributed by atoms with Gasteiger partial charge in [0.25, 0.3) is 0 Å². The predicted molar refractivity (Wildman–Crippen MR) is 80.6 cm³/mol. The van der Waals surface area contributed by atoms with Crippen LogP contribution in [0.15, 0.2) is 41.8 Å². The van der Waals surface area contributed by atoms with Crippen molar-refractivity contribution >= 4 is 15.7 Å². The number of sulfone groups is 1. The summed E-state index contributed by atoms with van der Waals surface area (Å²) in [5.41, 5.74) is 0.993. The van der Waals surface area contributed by atoms with E-state index in [-0.39, 0.29) is 22.8 Å². The number of aryl methyl sites for hydroxylation is 1. The molecule has 0 saturated carbocycles. The Hall–Kier alpha value is -1.62. The van der Waals surface area contributed by atoms with Crippen LogP contribution in [0.1, 0.15) is 18.4 Å². The van der Waals surface area contributed by atoms with Gasteiger partial charge in [0.2, 0.25) is 5.91 Å². The molecule has 1 unspecified atom stereocenters. The van der Waals surface area contributed by atoms with Crippen molar-refractivity contribution in [1.29, 1.82) is 0 Å². The quantitative estimate of drug-likeness (QED) is 0.802. The van der Waals surface area contributed by atoms with Crippen molar-refractivity contribution in [2.24, 2.45) is 5.92 Å². The Morgan fingerprint density at radius 1 is 1.29 bits per heavy atom. The van der Waals surface area contributed by atoms with Gasteiger partial charge in [0.15, 0.2) is 15.1 Å². The first-order chi connectivity index (χ1) is 9.96. The lowest BCUT2D eigenvalue weighted by Crippen LogP contribution is -2.35. The number of hydrogen-bond acceptors (Lipinski definition) is 3. The topological polar surface area (TPSA) is 54.5 Å². The lowest BCUT2D eigenvalue weighted by atomic mass is 9.98. The molecule has 0 radical (unpaired) electrons. The molecule has 2 heterocycles. The Morgan fingerprint density at radius 2 is 1.95 bits per heavy atom. The molecule has 2 aliphatic rings. The Balaban J connectivity index is 2.03. The number of carbonyl (C=O) groups excluding carboxylic acids is 1. The summed E-state index contributed by atoms with van der Waals surface area (Å²) in [6.45, 7) is 6.33. The number of nitrogens with zero attached hydrogens (tertiary/aromatic N) is 1. The van der Waals surface area contributed by atoms with E-state index in [4.69, 9.17) is 0 Å². The highest BCUT2D eigenvalue weighted by Gasteiger charge is 2.54. The maximum absolute atomic E-state index is 12.9. The van der Waals surface area contributed by atoms with E-state index in [0.29, 0.717) is 6.54 Å². The van der Waals surface area contributed by atoms with E-state index in [9.17, 15) is 13.2 Å². The third kappa shape index (κ3) is 2.11. The minimum atomic E-state index is -3.67. The summed E-state index contributed by atoms with van der Waals surface area (Å²) in [6.07, 6.45) is 3.45. The fraction of sp³-hybridized carbons (Fsp3) is 0.438. The second-order valence-electron chi connectivity index (χ2n) is 5.83. The SMILES string of the molecule is C=C[C@@H]1C2CCCN2C(=O)[C@H]1S(=O)(=O)c1ccc(C)cc1. The molecule has 2 aliphatic heterocycles. The van der Waals surface area contributed by atoms with Gasteiger partial charge in [-0.15, -0.1) is 6.58 Å². The molecule has 3 rings (SSSR count). The molecule has 4 nitrogen and oxygen atoms in total. The molecule has 0 aliphatic carbocycles. The monoisotopic (exact) mass is 305 g/mol. The zero-order valence-corrected chi connectivity index (χ0v) is 12.8. The van der Waals surface area contributed by atoms with E-state index in [0.717, 1.165) is 18.4 Å². The lowest BCUT2D eigenvalue weighted by Gasteiger charge is -2.18. The summed E-state index contributed by atoms with van der Waals surface area (Å²) in [5, 5.41) is -1.01. The van der Waals surface area contributed by atoms with E-state index in [1.165, 1.54) is 0 Å². The number of benzene rings is 1. The van der Waals surface area contributed by atoms with Gasteiger partial charge in [-0.05, 0) is 31.9 Å². The van der Waals surface area contributed by atoms with Gasteiger partial charge in [-0.3, -0.25) is 4.79 Å². The third-order valence-corrected chi connectivity index (χ3v) is 6.69. The average molecular weight is 305 g/mol. The van der Waals surface area contributed by atoms with Gasteiger partial charge >= 0.3 is 0 Å². The number of carbonyl (C=O) groups is 1. The Bertz CT molecular complexity index is 678. The van der Waals surface area contributed by atoms with Crippen molar-refractivity contribution in [1.82, 2.24) is 4.90 Å². The highest BCUT2D eigenvalue weighted by molar-refractivity contribution is 7.92. The molecule has 112 valence electrons. The molecule has 0 spiro atoms. The smallest absolute Gasteiger partial charge is 0.242 e. The maximum atomic E-state index is 12.9. The minimum absolute atomic E-state index is 0.000207. The number of rotatable bonds is 3. The van der Waals surface area contributed by atoms with Gasteiger partial charge in [0.1, 0.15) is 0 Å². The van der Waals surface area contributed by atoms with E-state index in [2.05, 4.69) is 6.58 Å². The summed E-state index contributed by atoms with van der Waals surface area (Å²) in [7, 11) is -3.67. The van der Waals surface area contributed by atoms with Gasteiger partial charge in [-0.25, -0.2) is 8.42 Å². The van der Waals surface area contributed by atoms with Crippen molar-refractivity contribution in [3.8, 4) is 0 Å². The van der Waals surface area contributed by atoms with Crippen LogP contribution in [0.3, 0.4) is 0 Å². The first-order valence-electron chi connectivity index (χ1n) is 7.20. The minimum Gasteiger partial charge on any atom is -0.338 e. The first kappa shape index (κ1) is 14.3. The van der Waals surface area contributed by atoms with Gasteiger partial charge in [0, 0.05) is 18.5 Å². The average Bonchev–Trinajstić information content (AvgIpc) is 3.01. The van der Waals surface area contributed by atoms with Gasteiger partial charge in [0.05, 0.1) is 4.90 Å². The van der Waals surface area contributed by atoms with Crippen molar-refractivity contribution in [3.63, 3.8) is 0 Å². The molecule has 2 fully saturated rings. The van der Waals surface area contributed by atoms with Crippen LogP contribution in [-0.4, -0.2) is 37.1 Å². The summed E-state index contributed by atoms with van der Waals surface area (Å²) >= 11 is 0. The van der Waals surface area contributed by atoms with Crippen LogP contribution in [0.25, 0.3) is 0 Å². The van der Waals surface area contributed by atoms with Crippen LogP contribution in [0, 0.1) is 12.8 Å². The second-order valence-corrected chi connectivity index (χ2v) is 7.90. The van der Waals surface area contributed by atoms with Gasteiger partial charge in [-0.1, -0.05) is 23.8 Å². The summed E-state index contributed by atoms with van der Waals surface area (Å²) in [5.74, 6) is -0.575. The maximum Gasteiger partial charge on any atom is 0.242 e. The fourth-order valence-corrected chi connectivity index (χ4v) is 5.41. The normalized spacial score (nSPS) is 28.7. The molecular formula is C16H19NO3S. The number of amides is 1. The number of hydrogen-bond donors (Lipinski definition) is 0. The molecule has 1 amide bonds. The van der Waals surface area contributed by atoms with Crippen LogP contribution in [0.5, 0.6) is 0 Å². The fourth-order valence-electron chi connectivity index (χ4n) is 3.49. The lowest BCUT2D eigenvalue weighted by molar-refractivity contribution is -0.127. The zero-order valence-electron chi connectivity index (χ0n) is 12.0. The van der Waals surface area contributed by atoms with Crippen LogP contribution < -0.4 is 0 Å². The van der Waals surface area contributed by atoms with E-state index < -0.39 is 15.1 Å². The Labute approximate surface area is 125 Å². The Kier molecular flexibility index (Phi) is 3.40. The predicted octanol–water partition coefficient (Wildman–Crippen LogP) is 1.94. The Morgan fingerprint density at radius 3 is 2.57 bits per heavy atom. The summed E-state index contributed by atoms with van der Waals surface area (Å²) in [6, 6.07) is 6.69. The largest absolute Gasteiger partial charge is 0.338 e. The molecule has 1 aromatic carbocycles. The van der Waals surface area contributed by atoms with E-state index >= 15 is 0 Å². The van der Waals surface area contributed by atoms with Crippen molar-refractivity contribution in [2.45, 2.75) is 36.0 Å². The molecule has 3 atom stereocenters. The highest BCUT2D eigenvalue weighted by Crippen LogP contribution is 2.39. The molecule has 2 saturated heterocycles. The first-order valence-corrected chi connectivity index (χ1v) is 8.75. The van der Waals surface area contributed by atoms with Gasteiger partial charge < -0.3 is 4.90 Å². The van der Waals surface area contributed by atoms with Crippen LogP contribution in [0.2, 0.25) is 0 Å². The third-order valence-electron chi connectivity index (χ3n) is 4.58. The van der Waals surface area contributed by atoms with Gasteiger partial charge in [-0.2, -0.15) is 0 Å². The summed E-state index contributed by atoms with van der Waals surface area (Å²) in [4.78, 5) is 14.5. The van der Waals surface area contributed by atoms with Crippen LogP contribution >= 0.6 is 0 Å². The number of fused-ring (bicyclic) bond motifs is 1. The molecule has 1 aromatic rings. The molecular weight excluding hydrogens is 286 g/mol. The van der Waals surface area contributed by atoms with Crippen LogP contribution in [0.4, 0.5) is 0 Å².